The van der Waals surface area contributed by atoms with Gasteiger partial charge in [0.2, 0.25) is 10.0 Å². The Morgan fingerprint density at radius 1 is 1.14 bits per heavy atom. The summed E-state index contributed by atoms with van der Waals surface area (Å²) in [5.74, 6) is -2.31. The zero-order chi connectivity index (χ0) is 16.4. The Labute approximate surface area is 126 Å². The molecule has 0 bridgehead atoms. The molecule has 1 aromatic rings. The van der Waals surface area contributed by atoms with Crippen molar-refractivity contribution in [1.29, 1.82) is 0 Å². The first-order chi connectivity index (χ1) is 10.2. The molecule has 0 radical (unpaired) electrons. The van der Waals surface area contributed by atoms with E-state index in [-0.39, 0.29) is 18.6 Å². The van der Waals surface area contributed by atoms with Crippen molar-refractivity contribution < 1.29 is 26.0 Å². The molecule has 1 aromatic carbocycles. The summed E-state index contributed by atoms with van der Waals surface area (Å²) < 4.78 is 77.3. The Balaban J connectivity index is 1.98. The highest BCUT2D eigenvalue weighted by atomic mass is 32.2. The number of rotatable bonds is 4. The lowest BCUT2D eigenvalue weighted by molar-refractivity contribution is -0.183. The van der Waals surface area contributed by atoms with E-state index in [4.69, 9.17) is 0 Å². The predicted octanol–water partition coefficient (Wildman–Crippen LogP) is 3.37. The predicted molar refractivity (Wildman–Crippen MR) is 74.0 cm³/mol. The maximum atomic E-state index is 12.8. The Hall–Kier alpha value is -1.15. The van der Waals surface area contributed by atoms with Gasteiger partial charge in [-0.15, -0.1) is 0 Å². The Morgan fingerprint density at radius 2 is 1.77 bits per heavy atom. The molecular formula is C14H17F4NO2S. The topological polar surface area (TPSA) is 46.2 Å². The molecule has 3 nitrogen and oxygen atoms in total. The number of hydrogen-bond acceptors (Lipinski definition) is 2. The van der Waals surface area contributed by atoms with Crippen molar-refractivity contribution in [1.82, 2.24) is 4.72 Å². The maximum absolute atomic E-state index is 12.8. The third kappa shape index (κ3) is 4.95. The van der Waals surface area contributed by atoms with E-state index < -0.39 is 34.0 Å². The van der Waals surface area contributed by atoms with E-state index in [1.807, 2.05) is 0 Å². The van der Waals surface area contributed by atoms with Crippen LogP contribution in [0.25, 0.3) is 0 Å². The highest BCUT2D eigenvalue weighted by Crippen LogP contribution is 2.37. The SMILES string of the molecule is O=S(=O)(Cc1ccc(F)cc1)N[C@@H]1CCC[C@H](C(F)(F)F)C1. The summed E-state index contributed by atoms with van der Waals surface area (Å²) >= 11 is 0. The normalized spacial score (nSPS) is 23.5. The Morgan fingerprint density at radius 3 is 2.36 bits per heavy atom. The average Bonchev–Trinajstić information content (AvgIpc) is 2.40. The maximum Gasteiger partial charge on any atom is 0.391 e. The molecule has 1 N–H and O–H groups in total. The highest BCUT2D eigenvalue weighted by Gasteiger charge is 2.42. The minimum absolute atomic E-state index is 0.0414. The molecule has 0 unspecified atom stereocenters. The smallest absolute Gasteiger partial charge is 0.212 e. The second-order valence-corrected chi connectivity index (χ2v) is 7.36. The minimum atomic E-state index is -4.29. The van der Waals surface area contributed by atoms with Gasteiger partial charge >= 0.3 is 6.18 Å². The number of nitrogens with one attached hydrogen (secondary N) is 1. The number of alkyl halides is 3. The van der Waals surface area contributed by atoms with E-state index in [9.17, 15) is 26.0 Å². The van der Waals surface area contributed by atoms with Crippen LogP contribution < -0.4 is 4.72 Å². The van der Waals surface area contributed by atoms with E-state index in [0.717, 1.165) is 12.1 Å². The van der Waals surface area contributed by atoms with E-state index >= 15 is 0 Å². The van der Waals surface area contributed by atoms with Gasteiger partial charge in [-0.25, -0.2) is 17.5 Å². The van der Waals surface area contributed by atoms with Crippen molar-refractivity contribution in [3.05, 3.63) is 35.6 Å². The summed E-state index contributed by atoms with van der Waals surface area (Å²) in [4.78, 5) is 0. The van der Waals surface area contributed by atoms with Crippen LogP contribution in [0.5, 0.6) is 0 Å². The third-order valence-electron chi connectivity index (χ3n) is 3.75. The van der Waals surface area contributed by atoms with Gasteiger partial charge in [0.05, 0.1) is 11.7 Å². The molecule has 1 saturated carbocycles. The lowest BCUT2D eigenvalue weighted by Gasteiger charge is -2.30. The van der Waals surface area contributed by atoms with Crippen LogP contribution in [0.15, 0.2) is 24.3 Å². The first-order valence-electron chi connectivity index (χ1n) is 6.97. The molecule has 1 aliphatic rings. The lowest BCUT2D eigenvalue weighted by atomic mass is 9.86. The van der Waals surface area contributed by atoms with Crippen LogP contribution in [0.1, 0.15) is 31.2 Å². The quantitative estimate of drug-likeness (QED) is 0.855. The first-order valence-corrected chi connectivity index (χ1v) is 8.62. The van der Waals surface area contributed by atoms with Crippen molar-refractivity contribution in [2.45, 2.75) is 43.7 Å². The molecule has 22 heavy (non-hydrogen) atoms. The summed E-state index contributed by atoms with van der Waals surface area (Å²) in [7, 11) is -3.76. The molecule has 1 aliphatic carbocycles. The van der Waals surface area contributed by atoms with E-state index in [2.05, 4.69) is 4.72 Å². The summed E-state index contributed by atoms with van der Waals surface area (Å²) in [6.07, 6.45) is -3.74. The van der Waals surface area contributed by atoms with Crippen LogP contribution in [0.2, 0.25) is 0 Å². The second kappa shape index (κ2) is 6.54. The van der Waals surface area contributed by atoms with Gasteiger partial charge in [-0.3, -0.25) is 0 Å². The molecule has 2 atom stereocenters. The fourth-order valence-corrected chi connectivity index (χ4v) is 4.13. The Kier molecular flexibility index (Phi) is 5.11. The average molecular weight is 339 g/mol. The van der Waals surface area contributed by atoms with Crippen LogP contribution in [-0.2, 0) is 15.8 Å². The standard InChI is InChI=1S/C14H17F4NO2S/c15-12-6-4-10(5-7-12)9-22(20,21)19-13-3-1-2-11(8-13)14(16,17)18/h4-7,11,13,19H,1-3,8-9H2/t11-,13+/m0/s1. The number of hydrogen-bond donors (Lipinski definition) is 1. The molecular weight excluding hydrogens is 322 g/mol. The molecule has 0 saturated heterocycles. The number of benzene rings is 1. The van der Waals surface area contributed by atoms with Crippen LogP contribution in [0, 0.1) is 11.7 Å². The van der Waals surface area contributed by atoms with Crippen molar-refractivity contribution >= 4 is 10.0 Å². The number of sulfonamides is 1. The molecule has 124 valence electrons. The molecule has 0 aromatic heterocycles. The van der Waals surface area contributed by atoms with Crippen molar-refractivity contribution in [2.75, 3.05) is 0 Å². The Bertz CT molecular complexity index is 598. The summed E-state index contributed by atoms with van der Waals surface area (Å²) in [5.41, 5.74) is 0.386. The summed E-state index contributed by atoms with van der Waals surface area (Å²) in [6.45, 7) is 0. The highest BCUT2D eigenvalue weighted by molar-refractivity contribution is 7.88. The van der Waals surface area contributed by atoms with E-state index in [1.165, 1.54) is 12.1 Å². The van der Waals surface area contributed by atoms with E-state index in [1.54, 1.807) is 0 Å². The van der Waals surface area contributed by atoms with Crippen molar-refractivity contribution in [3.63, 3.8) is 0 Å². The first kappa shape index (κ1) is 17.2. The van der Waals surface area contributed by atoms with Crippen LogP contribution in [0.4, 0.5) is 17.6 Å². The monoisotopic (exact) mass is 339 g/mol. The molecule has 8 heteroatoms. The third-order valence-corrected chi connectivity index (χ3v) is 5.16. The number of halogens is 4. The van der Waals surface area contributed by atoms with Gasteiger partial charge in [0.15, 0.2) is 0 Å². The summed E-state index contributed by atoms with van der Waals surface area (Å²) in [6, 6.07) is 4.27. The fourth-order valence-electron chi connectivity index (χ4n) is 2.69. The second-order valence-electron chi connectivity index (χ2n) is 5.61. The van der Waals surface area contributed by atoms with Gasteiger partial charge in [0.25, 0.3) is 0 Å². The molecule has 1 fully saturated rings. The van der Waals surface area contributed by atoms with Gasteiger partial charge in [-0.05, 0) is 37.0 Å². The van der Waals surface area contributed by atoms with Crippen molar-refractivity contribution in [2.24, 2.45) is 5.92 Å². The molecule has 0 amide bonds. The summed E-state index contributed by atoms with van der Waals surface area (Å²) in [5, 5.41) is 0. The van der Waals surface area contributed by atoms with Gasteiger partial charge in [0.1, 0.15) is 5.82 Å². The zero-order valence-corrected chi connectivity index (χ0v) is 12.6. The van der Waals surface area contributed by atoms with Crippen LogP contribution in [0.3, 0.4) is 0 Å². The lowest BCUT2D eigenvalue weighted by Crippen LogP contribution is -2.41. The largest absolute Gasteiger partial charge is 0.391 e. The van der Waals surface area contributed by atoms with Crippen LogP contribution >= 0.6 is 0 Å². The van der Waals surface area contributed by atoms with Gasteiger partial charge in [0, 0.05) is 6.04 Å². The zero-order valence-electron chi connectivity index (χ0n) is 11.7. The molecule has 0 heterocycles. The van der Waals surface area contributed by atoms with E-state index in [0.29, 0.717) is 18.4 Å². The fraction of sp³-hybridized carbons (Fsp3) is 0.571. The van der Waals surface area contributed by atoms with Gasteiger partial charge in [-0.2, -0.15) is 13.2 Å². The molecule has 2 rings (SSSR count). The molecule has 0 aliphatic heterocycles. The van der Waals surface area contributed by atoms with Crippen LogP contribution in [-0.4, -0.2) is 20.6 Å². The van der Waals surface area contributed by atoms with Crippen molar-refractivity contribution in [3.8, 4) is 0 Å². The van der Waals surface area contributed by atoms with Gasteiger partial charge < -0.3 is 0 Å². The minimum Gasteiger partial charge on any atom is -0.212 e. The molecule has 0 spiro atoms. The van der Waals surface area contributed by atoms with Gasteiger partial charge in [-0.1, -0.05) is 18.6 Å².